The van der Waals surface area contributed by atoms with Crippen LogP contribution in [0.5, 0.6) is 5.88 Å². The highest BCUT2D eigenvalue weighted by Gasteiger charge is 2.13. The average Bonchev–Trinajstić information content (AvgIpc) is 2.89. The van der Waals surface area contributed by atoms with E-state index >= 15 is 0 Å². The minimum absolute atomic E-state index is 0.0925. The van der Waals surface area contributed by atoms with Crippen LogP contribution in [0.4, 0.5) is 17.6 Å². The number of nitrogens with one attached hydrogen (secondary N) is 1. The van der Waals surface area contributed by atoms with E-state index in [9.17, 15) is 17.6 Å². The molecule has 38 heavy (non-hydrogen) atoms. The Hall–Kier alpha value is -3.20. The lowest BCUT2D eigenvalue weighted by Gasteiger charge is -2.13. The lowest BCUT2D eigenvalue weighted by Crippen LogP contribution is -2.09. The van der Waals surface area contributed by atoms with Crippen LogP contribution in [-0.2, 0) is 4.74 Å². The smallest absolute Gasteiger partial charge is 0.388 e. The Kier molecular flexibility index (Phi) is 15.7. The molecule has 210 valence electrons. The van der Waals surface area contributed by atoms with Crippen molar-refractivity contribution in [3.63, 3.8) is 0 Å². The van der Waals surface area contributed by atoms with Gasteiger partial charge in [0.05, 0.1) is 5.70 Å². The number of rotatable bonds is 16. The molecule has 0 saturated heterocycles. The number of halogens is 4. The van der Waals surface area contributed by atoms with E-state index in [1.165, 1.54) is 24.4 Å². The third kappa shape index (κ3) is 12.4. The molecule has 9 heteroatoms. The zero-order valence-corrected chi connectivity index (χ0v) is 23.0. The maximum Gasteiger partial charge on any atom is 0.388 e. The second-order valence-electron chi connectivity index (χ2n) is 8.43. The number of alkyl halides is 4. The molecule has 0 atom stereocenters. The topological polar surface area (TPSA) is 55.7 Å². The molecule has 1 N–H and O–H groups in total. The van der Waals surface area contributed by atoms with E-state index in [4.69, 9.17) is 4.74 Å². The van der Waals surface area contributed by atoms with Crippen molar-refractivity contribution in [1.29, 1.82) is 0 Å². The van der Waals surface area contributed by atoms with Gasteiger partial charge < -0.3 is 14.8 Å². The van der Waals surface area contributed by atoms with Gasteiger partial charge in [-0.25, -0.2) is 4.98 Å². The number of aliphatic imine (C=N–C) groups is 1. The number of ether oxygens (including phenoxy) is 2. The Morgan fingerprint density at radius 2 is 1.87 bits per heavy atom. The van der Waals surface area contributed by atoms with Gasteiger partial charge in [-0.15, -0.1) is 0 Å². The van der Waals surface area contributed by atoms with E-state index in [1.807, 2.05) is 40.1 Å². The lowest BCUT2D eigenvalue weighted by molar-refractivity contribution is -0.0914. The second kappa shape index (κ2) is 18.1. The molecule has 1 aromatic rings. The first kappa shape index (κ1) is 32.8. The molecule has 0 unspecified atom stereocenters. The molecule has 5 nitrogen and oxygen atoms in total. The van der Waals surface area contributed by atoms with Crippen LogP contribution in [-0.4, -0.2) is 38.0 Å². The summed E-state index contributed by atoms with van der Waals surface area (Å²) >= 11 is 0. The van der Waals surface area contributed by atoms with Crippen LogP contribution in [0.15, 0.2) is 75.8 Å². The molecule has 1 aromatic heterocycles. The first-order chi connectivity index (χ1) is 18.1. The number of hydrogen-bond donors (Lipinski definition) is 1. The molecule has 0 spiro atoms. The molecule has 0 aliphatic carbocycles. The van der Waals surface area contributed by atoms with Crippen molar-refractivity contribution in [2.24, 2.45) is 4.99 Å². The predicted molar refractivity (Wildman–Crippen MR) is 146 cm³/mol. The molecule has 1 heterocycles. The van der Waals surface area contributed by atoms with Gasteiger partial charge in [-0.05, 0) is 81.5 Å². The van der Waals surface area contributed by atoms with Crippen molar-refractivity contribution in [1.82, 2.24) is 10.3 Å². The number of allylic oxidation sites excluding steroid dienone is 8. The fourth-order valence-electron chi connectivity index (χ4n) is 3.32. The maximum absolute atomic E-state index is 13.3. The fraction of sp³-hybridized carbons (Fsp3) is 0.448. The lowest BCUT2D eigenvalue weighted by atomic mass is 9.98. The van der Waals surface area contributed by atoms with Crippen LogP contribution in [0.3, 0.4) is 0 Å². The zero-order chi connectivity index (χ0) is 28.5. The summed E-state index contributed by atoms with van der Waals surface area (Å²) in [6, 6.07) is 2.76. The van der Waals surface area contributed by atoms with Crippen LogP contribution in [0.25, 0.3) is 5.57 Å². The third-order valence-corrected chi connectivity index (χ3v) is 5.67. The maximum atomic E-state index is 13.3. The molecular weight excluding hydrogens is 498 g/mol. The van der Waals surface area contributed by atoms with Crippen LogP contribution in [0.1, 0.15) is 65.9 Å². The van der Waals surface area contributed by atoms with E-state index in [0.717, 1.165) is 41.7 Å². The Labute approximate surface area is 223 Å². The monoisotopic (exact) mass is 537 g/mol. The van der Waals surface area contributed by atoms with Crippen molar-refractivity contribution in [2.75, 3.05) is 13.6 Å². The van der Waals surface area contributed by atoms with Gasteiger partial charge in [0, 0.05) is 25.0 Å². The van der Waals surface area contributed by atoms with E-state index < -0.39 is 13.2 Å². The van der Waals surface area contributed by atoms with Crippen molar-refractivity contribution in [2.45, 2.75) is 73.5 Å². The Balaban J connectivity index is 3.35. The van der Waals surface area contributed by atoms with E-state index in [1.54, 1.807) is 13.0 Å². The van der Waals surface area contributed by atoms with Crippen LogP contribution in [0, 0.1) is 0 Å². The number of likely N-dealkylation sites (N-methyl/N-ethyl adjacent to an activating group) is 1. The SMILES string of the molecule is C\C=C(/C=N/C(=C/CCC)CNC)CC(/C=C\C(OC(F)F)=C(/C)c1ccnc(OC(F)F)c1)=C(/C)CC. The van der Waals surface area contributed by atoms with Crippen molar-refractivity contribution < 1.29 is 27.0 Å². The molecule has 0 amide bonds. The van der Waals surface area contributed by atoms with Gasteiger partial charge >= 0.3 is 13.2 Å². The molecule has 0 bridgehead atoms. The summed E-state index contributed by atoms with van der Waals surface area (Å²) in [5, 5.41) is 3.12. The van der Waals surface area contributed by atoms with Crippen LogP contribution >= 0.6 is 0 Å². The number of nitrogens with zero attached hydrogens (tertiary/aromatic N) is 2. The van der Waals surface area contributed by atoms with E-state index in [2.05, 4.69) is 33.0 Å². The predicted octanol–water partition coefficient (Wildman–Crippen LogP) is 8.25. The molecule has 0 aliphatic heterocycles. The van der Waals surface area contributed by atoms with Gasteiger partial charge in [-0.2, -0.15) is 17.6 Å². The highest BCUT2D eigenvalue weighted by Crippen LogP contribution is 2.26. The number of aromatic nitrogens is 1. The average molecular weight is 538 g/mol. The molecule has 0 aliphatic rings. The molecule has 0 fully saturated rings. The standard InChI is InChI=1S/C29H39F4N3O2/c1-7-10-11-25(19-34-6)36-18-22(9-3)16-23(20(4)8-2)12-13-26(37-28(30)31)21(5)24-14-15-35-27(17-24)38-29(32)33/h9,11-15,17-18,28-29,34H,7-8,10,16,19H2,1-6H3/b13-12-,22-9-,23-20-,25-11+,26-21-,36-18+. The van der Waals surface area contributed by atoms with Gasteiger partial charge in [0.1, 0.15) is 5.76 Å². The molecule has 1 rings (SSSR count). The van der Waals surface area contributed by atoms with Crippen LogP contribution < -0.4 is 10.1 Å². The Morgan fingerprint density at radius 1 is 1.13 bits per heavy atom. The first-order valence-corrected chi connectivity index (χ1v) is 12.6. The summed E-state index contributed by atoms with van der Waals surface area (Å²) < 4.78 is 60.9. The zero-order valence-electron chi connectivity index (χ0n) is 23.0. The van der Waals surface area contributed by atoms with E-state index in [0.29, 0.717) is 24.1 Å². The summed E-state index contributed by atoms with van der Waals surface area (Å²) in [5.74, 6) is -0.410. The highest BCUT2D eigenvalue weighted by atomic mass is 19.3. The van der Waals surface area contributed by atoms with Crippen LogP contribution in [0.2, 0.25) is 0 Å². The van der Waals surface area contributed by atoms with Gasteiger partial charge in [0.15, 0.2) is 0 Å². The second-order valence-corrected chi connectivity index (χ2v) is 8.43. The first-order valence-electron chi connectivity index (χ1n) is 12.6. The minimum Gasteiger partial charge on any atom is -0.435 e. The quantitative estimate of drug-likeness (QED) is 0.0998. The fourth-order valence-corrected chi connectivity index (χ4v) is 3.32. The molecule has 0 aromatic carbocycles. The molecule has 0 saturated carbocycles. The van der Waals surface area contributed by atoms with Gasteiger partial charge in [0.25, 0.3) is 0 Å². The van der Waals surface area contributed by atoms with Gasteiger partial charge in [-0.1, -0.05) is 44.1 Å². The molecule has 0 radical (unpaired) electrons. The number of hydrogen-bond acceptors (Lipinski definition) is 5. The normalized spacial score (nSPS) is 14.5. The Morgan fingerprint density at radius 3 is 2.45 bits per heavy atom. The minimum atomic E-state index is -3.07. The van der Waals surface area contributed by atoms with Gasteiger partial charge in [-0.3, -0.25) is 4.99 Å². The Bertz CT molecular complexity index is 1060. The van der Waals surface area contributed by atoms with Gasteiger partial charge in [0.2, 0.25) is 5.88 Å². The van der Waals surface area contributed by atoms with Crippen molar-refractivity contribution >= 4 is 11.8 Å². The summed E-state index contributed by atoms with van der Waals surface area (Å²) in [4.78, 5) is 8.37. The largest absolute Gasteiger partial charge is 0.435 e. The van der Waals surface area contributed by atoms with E-state index in [-0.39, 0.29) is 11.6 Å². The number of unbranched alkanes of at least 4 members (excludes halogenated alkanes) is 1. The summed E-state index contributed by atoms with van der Waals surface area (Å²) in [6.45, 7) is 4.14. The van der Waals surface area contributed by atoms with Crippen molar-refractivity contribution in [3.8, 4) is 5.88 Å². The number of pyridine rings is 1. The summed E-state index contributed by atoms with van der Waals surface area (Å²) in [6.07, 6.45) is 13.7. The summed E-state index contributed by atoms with van der Waals surface area (Å²) in [5.41, 5.74) is 4.61. The molecular formula is C29H39F4N3O2. The van der Waals surface area contributed by atoms with Crippen molar-refractivity contribution in [3.05, 3.63) is 76.4 Å². The summed E-state index contributed by atoms with van der Waals surface area (Å²) in [7, 11) is 1.87. The third-order valence-electron chi connectivity index (χ3n) is 5.67. The highest BCUT2D eigenvalue weighted by molar-refractivity contribution is 5.80.